The van der Waals surface area contributed by atoms with Crippen LogP contribution in [0.25, 0.3) is 0 Å². The largest absolute Gasteiger partial charge is 0.474 e. The molecular weight excluding hydrogens is 509 g/mol. The average molecular weight is 547 g/mol. The molecule has 0 aromatic carbocycles. The minimum Gasteiger partial charge on any atom is -0.474 e. The number of carbonyl (C=O) groups excluding carboxylic acids is 2. The number of amides is 2. The van der Waals surface area contributed by atoms with Gasteiger partial charge in [0.2, 0.25) is 17.7 Å². The number of nitrogens with zero attached hydrogens (tertiary/aromatic N) is 3. The Hall–Kier alpha value is -2.05. The molecule has 0 bridgehead atoms. The van der Waals surface area contributed by atoms with Crippen molar-refractivity contribution in [2.24, 2.45) is 23.2 Å². The van der Waals surface area contributed by atoms with Crippen molar-refractivity contribution >= 4 is 35.0 Å². The molecule has 1 saturated carbocycles. The lowest BCUT2D eigenvalue weighted by atomic mass is 9.76. The third kappa shape index (κ3) is 6.01. The number of alkyl halides is 1. The Bertz CT molecular complexity index is 1060. The maximum absolute atomic E-state index is 13.6. The molecule has 8 heteroatoms. The number of rotatable bonds is 6. The number of allylic oxidation sites excluding steroid dienone is 3. The smallest absolute Gasteiger partial charge is 0.228 e. The molecule has 200 valence electrons. The molecule has 1 aromatic rings. The first-order chi connectivity index (χ1) is 17.7. The van der Waals surface area contributed by atoms with E-state index in [0.717, 1.165) is 38.5 Å². The quantitative estimate of drug-likeness (QED) is 0.442. The van der Waals surface area contributed by atoms with E-state index in [0.29, 0.717) is 37.1 Å². The van der Waals surface area contributed by atoms with Crippen LogP contribution in [-0.2, 0) is 9.59 Å². The van der Waals surface area contributed by atoms with Crippen molar-refractivity contribution in [3.05, 3.63) is 47.2 Å². The fourth-order valence-corrected chi connectivity index (χ4v) is 6.32. The Balaban J connectivity index is 1.24. The maximum Gasteiger partial charge on any atom is 0.228 e. The fraction of sp³-hybridized carbons (Fsp3) is 0.621. The van der Waals surface area contributed by atoms with E-state index in [1.807, 2.05) is 11.0 Å². The minimum atomic E-state index is -0.143. The third-order valence-electron chi connectivity index (χ3n) is 8.74. The summed E-state index contributed by atoms with van der Waals surface area (Å²) in [4.78, 5) is 34.7. The molecule has 3 heterocycles. The van der Waals surface area contributed by atoms with Crippen molar-refractivity contribution in [2.75, 3.05) is 26.2 Å². The third-order valence-corrected chi connectivity index (χ3v) is 9.29. The molecule has 37 heavy (non-hydrogen) atoms. The van der Waals surface area contributed by atoms with Gasteiger partial charge in [0.05, 0.1) is 10.4 Å². The Morgan fingerprint density at radius 3 is 2.49 bits per heavy atom. The van der Waals surface area contributed by atoms with Gasteiger partial charge >= 0.3 is 0 Å². The fourth-order valence-electron chi connectivity index (χ4n) is 6.05. The predicted octanol–water partition coefficient (Wildman–Crippen LogP) is 5.50. The lowest BCUT2D eigenvalue weighted by molar-refractivity contribution is -0.144. The molecule has 0 radical (unpaired) electrons. The molecule has 2 amide bonds. The van der Waals surface area contributed by atoms with Crippen LogP contribution in [0.2, 0.25) is 5.02 Å². The second-order valence-corrected chi connectivity index (χ2v) is 12.4. The summed E-state index contributed by atoms with van der Waals surface area (Å²) in [5.41, 5.74) is 1.09. The first-order valence-corrected chi connectivity index (χ1v) is 14.4. The highest BCUT2D eigenvalue weighted by Gasteiger charge is 2.48. The lowest BCUT2D eigenvalue weighted by Gasteiger charge is -2.43. The first kappa shape index (κ1) is 26.6. The van der Waals surface area contributed by atoms with Gasteiger partial charge in [-0.15, -0.1) is 11.6 Å². The number of halogens is 2. The van der Waals surface area contributed by atoms with Crippen LogP contribution in [0.15, 0.2) is 42.1 Å². The molecule has 4 atom stereocenters. The van der Waals surface area contributed by atoms with Crippen LogP contribution in [0.3, 0.4) is 0 Å². The molecule has 6 nitrogen and oxygen atoms in total. The molecule has 2 aliphatic heterocycles. The molecular formula is C29H37Cl2N3O3. The highest BCUT2D eigenvalue weighted by molar-refractivity contribution is 6.30. The number of ether oxygens (including phenoxy) is 1. The van der Waals surface area contributed by atoms with Gasteiger partial charge in [0.1, 0.15) is 6.10 Å². The van der Waals surface area contributed by atoms with Gasteiger partial charge in [-0.25, -0.2) is 4.98 Å². The maximum atomic E-state index is 13.6. The highest BCUT2D eigenvalue weighted by Crippen LogP contribution is 2.47. The van der Waals surface area contributed by atoms with E-state index in [-0.39, 0.29) is 46.5 Å². The SMILES string of the molecule is CC(Oc1ccc(Cl)cn1)[C@@H]1CCN(C(=O)C2CCN(C(=O)C3(C)CC3)CC2)C[C@H]1C1=CCC(Cl)C=C1. The van der Waals surface area contributed by atoms with Gasteiger partial charge in [-0.1, -0.05) is 36.8 Å². The monoisotopic (exact) mass is 545 g/mol. The van der Waals surface area contributed by atoms with Crippen LogP contribution in [0, 0.1) is 23.2 Å². The van der Waals surface area contributed by atoms with E-state index in [1.54, 1.807) is 18.3 Å². The van der Waals surface area contributed by atoms with E-state index in [9.17, 15) is 9.59 Å². The van der Waals surface area contributed by atoms with E-state index in [4.69, 9.17) is 27.9 Å². The van der Waals surface area contributed by atoms with Gasteiger partial charge in [0.25, 0.3) is 0 Å². The molecule has 2 aliphatic carbocycles. The van der Waals surface area contributed by atoms with Gasteiger partial charge in [-0.2, -0.15) is 0 Å². The molecule has 2 unspecified atom stereocenters. The number of carbonyl (C=O) groups is 2. The van der Waals surface area contributed by atoms with E-state index < -0.39 is 0 Å². The normalized spacial score (nSPS) is 28.4. The Morgan fingerprint density at radius 1 is 1.14 bits per heavy atom. The number of pyridine rings is 1. The van der Waals surface area contributed by atoms with Crippen LogP contribution in [0.5, 0.6) is 5.88 Å². The van der Waals surface area contributed by atoms with Crippen LogP contribution in [0.4, 0.5) is 0 Å². The van der Waals surface area contributed by atoms with Gasteiger partial charge in [-0.05, 0) is 57.1 Å². The zero-order valence-corrected chi connectivity index (χ0v) is 23.3. The summed E-state index contributed by atoms with van der Waals surface area (Å²) in [6.45, 7) is 6.92. The van der Waals surface area contributed by atoms with Crippen molar-refractivity contribution in [3.8, 4) is 5.88 Å². The summed E-state index contributed by atoms with van der Waals surface area (Å²) in [7, 11) is 0. The summed E-state index contributed by atoms with van der Waals surface area (Å²) >= 11 is 12.3. The van der Waals surface area contributed by atoms with Gasteiger partial charge < -0.3 is 14.5 Å². The number of hydrogen-bond donors (Lipinski definition) is 0. The van der Waals surface area contributed by atoms with Gasteiger partial charge in [0.15, 0.2) is 0 Å². The number of hydrogen-bond acceptors (Lipinski definition) is 4. The van der Waals surface area contributed by atoms with Gasteiger partial charge in [-0.3, -0.25) is 9.59 Å². The minimum absolute atomic E-state index is 0.0108. The second-order valence-electron chi connectivity index (χ2n) is 11.4. The van der Waals surface area contributed by atoms with E-state index >= 15 is 0 Å². The predicted molar refractivity (Wildman–Crippen MR) is 146 cm³/mol. The summed E-state index contributed by atoms with van der Waals surface area (Å²) in [6.07, 6.45) is 13.1. The van der Waals surface area contributed by atoms with Crippen molar-refractivity contribution in [1.82, 2.24) is 14.8 Å². The van der Waals surface area contributed by atoms with E-state index in [2.05, 4.69) is 35.9 Å². The Labute approximate surface area is 230 Å². The highest BCUT2D eigenvalue weighted by atomic mass is 35.5. The van der Waals surface area contributed by atoms with Gasteiger partial charge in [0, 0.05) is 61.6 Å². The second kappa shape index (κ2) is 11.0. The molecule has 5 rings (SSSR count). The Morgan fingerprint density at radius 2 is 1.86 bits per heavy atom. The molecule has 2 saturated heterocycles. The zero-order valence-electron chi connectivity index (χ0n) is 21.7. The van der Waals surface area contributed by atoms with Crippen LogP contribution < -0.4 is 4.74 Å². The van der Waals surface area contributed by atoms with Crippen LogP contribution in [0.1, 0.15) is 52.4 Å². The summed E-state index contributed by atoms with van der Waals surface area (Å²) in [5, 5.41) is 0.594. The lowest BCUT2D eigenvalue weighted by Crippen LogP contribution is -2.51. The zero-order chi connectivity index (χ0) is 26.2. The van der Waals surface area contributed by atoms with Crippen molar-refractivity contribution in [2.45, 2.75) is 63.9 Å². The summed E-state index contributed by atoms with van der Waals surface area (Å²) in [5.74, 6) is 1.46. The standard InChI is InChI=1S/C29H37Cl2N3O3/c1-19(37-26-8-7-23(31)17-32-26)24-11-16-34(18-25(24)20-3-5-22(30)6-4-20)27(35)21-9-14-33(15-10-21)28(36)29(2)12-13-29/h3-5,7-8,17,19,21-22,24-25H,6,9-16,18H2,1-2H3/t19?,22?,24-,25-/m0/s1. The van der Waals surface area contributed by atoms with Crippen molar-refractivity contribution < 1.29 is 14.3 Å². The number of aromatic nitrogens is 1. The molecule has 0 spiro atoms. The molecule has 3 fully saturated rings. The molecule has 1 aromatic heterocycles. The first-order valence-electron chi connectivity index (χ1n) is 13.6. The molecule has 0 N–H and O–H groups in total. The Kier molecular flexibility index (Phi) is 7.88. The van der Waals surface area contributed by atoms with Crippen molar-refractivity contribution in [3.63, 3.8) is 0 Å². The summed E-state index contributed by atoms with van der Waals surface area (Å²) in [6, 6.07) is 3.58. The average Bonchev–Trinajstić information content (AvgIpc) is 3.67. The number of piperidine rings is 2. The number of likely N-dealkylation sites (tertiary alicyclic amines) is 2. The topological polar surface area (TPSA) is 62.7 Å². The molecule has 4 aliphatic rings. The summed E-state index contributed by atoms with van der Waals surface area (Å²) < 4.78 is 6.24. The van der Waals surface area contributed by atoms with Crippen LogP contribution >= 0.6 is 23.2 Å². The van der Waals surface area contributed by atoms with E-state index in [1.165, 1.54) is 5.57 Å². The van der Waals surface area contributed by atoms with Crippen molar-refractivity contribution in [1.29, 1.82) is 0 Å². The van der Waals surface area contributed by atoms with Crippen LogP contribution in [-0.4, -0.2) is 64.3 Å².